The highest BCUT2D eigenvalue weighted by Crippen LogP contribution is 2.41. The number of nitrogens with zero attached hydrogens (tertiary/aromatic N) is 1. The van der Waals surface area contributed by atoms with Crippen molar-refractivity contribution in [1.82, 2.24) is 0 Å². The summed E-state index contributed by atoms with van der Waals surface area (Å²) in [5.74, 6) is 0. The molecule has 78 valence electrons. The third-order valence-electron chi connectivity index (χ3n) is 3.42. The Bertz CT molecular complexity index is 149. The average Bonchev–Trinajstić information content (AvgIpc) is 2.33. The van der Waals surface area contributed by atoms with E-state index in [1.165, 1.54) is 45.1 Å². The van der Waals surface area contributed by atoms with Gasteiger partial charge < -0.3 is 4.48 Å². The van der Waals surface area contributed by atoms with Crippen molar-refractivity contribution in [3.63, 3.8) is 0 Å². The fourth-order valence-corrected chi connectivity index (χ4v) is 2.46. The Morgan fingerprint density at radius 1 is 1.08 bits per heavy atom. The quantitative estimate of drug-likeness (QED) is 0.589. The zero-order chi connectivity index (χ0) is 9.95. The van der Waals surface area contributed by atoms with Crippen LogP contribution in [-0.2, 0) is 0 Å². The highest BCUT2D eigenvalue weighted by molar-refractivity contribution is 4.79. The molecular weight excluding hydrogens is 158 g/mol. The summed E-state index contributed by atoms with van der Waals surface area (Å²) in [6.45, 7) is 3.81. The van der Waals surface area contributed by atoms with Gasteiger partial charge in [0.25, 0.3) is 0 Å². The molecule has 0 aromatic carbocycles. The topological polar surface area (TPSA) is 0 Å². The maximum absolute atomic E-state index is 2.48. The molecule has 0 amide bonds. The Labute approximate surface area is 83.7 Å². The van der Waals surface area contributed by atoms with Crippen molar-refractivity contribution in [2.75, 3.05) is 27.7 Å². The minimum absolute atomic E-state index is 0.704. The van der Waals surface area contributed by atoms with Crippen LogP contribution in [0.4, 0.5) is 0 Å². The maximum atomic E-state index is 2.48. The standard InChI is InChI=1S/C12H26N/c1-12(8-5-6-9-12)10-7-11-13(2,3)4/h5-11H2,1-4H3/q+1. The summed E-state index contributed by atoms with van der Waals surface area (Å²) >= 11 is 0. The van der Waals surface area contributed by atoms with E-state index in [1.54, 1.807) is 0 Å². The minimum Gasteiger partial charge on any atom is -0.331 e. The normalized spacial score (nSPS) is 22.2. The second kappa shape index (κ2) is 4.00. The van der Waals surface area contributed by atoms with Crippen LogP contribution in [0.1, 0.15) is 45.4 Å². The highest BCUT2D eigenvalue weighted by Gasteiger charge is 2.28. The summed E-state index contributed by atoms with van der Waals surface area (Å²) < 4.78 is 1.12. The minimum atomic E-state index is 0.704. The fourth-order valence-electron chi connectivity index (χ4n) is 2.46. The van der Waals surface area contributed by atoms with Crippen LogP contribution in [-0.4, -0.2) is 32.2 Å². The molecule has 0 aliphatic heterocycles. The molecule has 0 aromatic rings. The van der Waals surface area contributed by atoms with Crippen LogP contribution in [0.25, 0.3) is 0 Å². The third-order valence-corrected chi connectivity index (χ3v) is 3.42. The van der Waals surface area contributed by atoms with Crippen molar-refractivity contribution >= 4 is 0 Å². The Balaban J connectivity index is 2.18. The van der Waals surface area contributed by atoms with Gasteiger partial charge in [0.1, 0.15) is 0 Å². The molecule has 0 N–H and O–H groups in total. The molecule has 1 nitrogen and oxygen atoms in total. The summed E-state index contributed by atoms with van der Waals surface area (Å²) in [5, 5.41) is 0. The van der Waals surface area contributed by atoms with Crippen molar-refractivity contribution in [3.8, 4) is 0 Å². The largest absolute Gasteiger partial charge is 0.331 e. The number of quaternary nitrogens is 1. The lowest BCUT2D eigenvalue weighted by Crippen LogP contribution is -2.35. The number of hydrogen-bond donors (Lipinski definition) is 0. The molecule has 0 aromatic heterocycles. The summed E-state index contributed by atoms with van der Waals surface area (Å²) in [4.78, 5) is 0. The third kappa shape index (κ3) is 4.12. The molecule has 0 saturated heterocycles. The maximum Gasteiger partial charge on any atom is 0.0780 e. The van der Waals surface area contributed by atoms with Gasteiger partial charge in [-0.25, -0.2) is 0 Å². The number of rotatable bonds is 4. The Hall–Kier alpha value is -0.0400. The highest BCUT2D eigenvalue weighted by atomic mass is 15.3. The van der Waals surface area contributed by atoms with Crippen molar-refractivity contribution in [1.29, 1.82) is 0 Å². The van der Waals surface area contributed by atoms with Gasteiger partial charge in [0.2, 0.25) is 0 Å². The molecule has 1 heteroatoms. The summed E-state index contributed by atoms with van der Waals surface area (Å²) in [7, 11) is 6.87. The molecule has 1 fully saturated rings. The molecule has 1 saturated carbocycles. The van der Waals surface area contributed by atoms with E-state index in [0.717, 1.165) is 4.48 Å². The molecule has 0 atom stereocenters. The van der Waals surface area contributed by atoms with E-state index in [-0.39, 0.29) is 0 Å². The van der Waals surface area contributed by atoms with Crippen molar-refractivity contribution < 1.29 is 4.48 Å². The molecular formula is C12H26N+. The van der Waals surface area contributed by atoms with Crippen molar-refractivity contribution in [3.05, 3.63) is 0 Å². The van der Waals surface area contributed by atoms with Crippen molar-refractivity contribution in [2.45, 2.75) is 45.4 Å². The molecule has 1 aliphatic carbocycles. The number of hydrogen-bond acceptors (Lipinski definition) is 0. The molecule has 1 rings (SSSR count). The first-order valence-corrected chi connectivity index (χ1v) is 5.72. The molecule has 0 bridgehead atoms. The van der Waals surface area contributed by atoms with Crippen LogP contribution in [0.5, 0.6) is 0 Å². The van der Waals surface area contributed by atoms with E-state index < -0.39 is 0 Å². The molecule has 0 spiro atoms. The Morgan fingerprint density at radius 2 is 1.62 bits per heavy atom. The smallest absolute Gasteiger partial charge is 0.0780 e. The first kappa shape index (κ1) is 11.0. The van der Waals surface area contributed by atoms with E-state index >= 15 is 0 Å². The lowest BCUT2D eigenvalue weighted by atomic mass is 9.84. The zero-order valence-corrected chi connectivity index (χ0v) is 9.90. The van der Waals surface area contributed by atoms with Crippen LogP contribution in [0.2, 0.25) is 0 Å². The van der Waals surface area contributed by atoms with E-state index in [1.807, 2.05) is 0 Å². The van der Waals surface area contributed by atoms with E-state index in [9.17, 15) is 0 Å². The van der Waals surface area contributed by atoms with Crippen LogP contribution >= 0.6 is 0 Å². The van der Waals surface area contributed by atoms with Gasteiger partial charge in [0.05, 0.1) is 27.7 Å². The first-order chi connectivity index (χ1) is 5.91. The van der Waals surface area contributed by atoms with E-state index in [2.05, 4.69) is 28.1 Å². The summed E-state index contributed by atoms with van der Waals surface area (Å²) in [6, 6.07) is 0. The Kier molecular flexibility index (Phi) is 3.39. The zero-order valence-electron chi connectivity index (χ0n) is 9.90. The Morgan fingerprint density at radius 3 is 2.08 bits per heavy atom. The second-order valence-corrected chi connectivity index (χ2v) is 6.14. The fraction of sp³-hybridized carbons (Fsp3) is 1.00. The first-order valence-electron chi connectivity index (χ1n) is 5.72. The molecule has 0 radical (unpaired) electrons. The van der Waals surface area contributed by atoms with Crippen LogP contribution in [0.15, 0.2) is 0 Å². The lowest BCUT2D eigenvalue weighted by molar-refractivity contribution is -0.870. The molecule has 0 unspecified atom stereocenters. The van der Waals surface area contributed by atoms with Gasteiger partial charge in [-0.2, -0.15) is 0 Å². The average molecular weight is 184 g/mol. The lowest BCUT2D eigenvalue weighted by Gasteiger charge is -2.28. The van der Waals surface area contributed by atoms with E-state index in [0.29, 0.717) is 5.41 Å². The molecule has 1 aliphatic rings. The van der Waals surface area contributed by atoms with Gasteiger partial charge in [-0.05, 0) is 31.1 Å². The SMILES string of the molecule is CC1(CCC[N+](C)(C)C)CCCC1. The summed E-state index contributed by atoms with van der Waals surface area (Å²) in [5.41, 5.74) is 0.704. The predicted molar refractivity (Wildman–Crippen MR) is 58.7 cm³/mol. The van der Waals surface area contributed by atoms with Gasteiger partial charge in [-0.1, -0.05) is 19.8 Å². The van der Waals surface area contributed by atoms with Gasteiger partial charge in [0, 0.05) is 0 Å². The van der Waals surface area contributed by atoms with Gasteiger partial charge >= 0.3 is 0 Å². The second-order valence-electron chi connectivity index (χ2n) is 6.14. The van der Waals surface area contributed by atoms with Crippen molar-refractivity contribution in [2.24, 2.45) is 5.41 Å². The van der Waals surface area contributed by atoms with Crippen LogP contribution in [0, 0.1) is 5.41 Å². The summed E-state index contributed by atoms with van der Waals surface area (Å²) in [6.07, 6.45) is 8.75. The van der Waals surface area contributed by atoms with Gasteiger partial charge in [-0.3, -0.25) is 0 Å². The predicted octanol–water partition coefficient (Wildman–Crippen LogP) is 3.05. The van der Waals surface area contributed by atoms with Gasteiger partial charge in [-0.15, -0.1) is 0 Å². The molecule has 13 heavy (non-hydrogen) atoms. The van der Waals surface area contributed by atoms with E-state index in [4.69, 9.17) is 0 Å². The molecule has 0 heterocycles. The van der Waals surface area contributed by atoms with Gasteiger partial charge in [0.15, 0.2) is 0 Å². The monoisotopic (exact) mass is 184 g/mol. The van der Waals surface area contributed by atoms with Crippen LogP contribution < -0.4 is 0 Å². The van der Waals surface area contributed by atoms with Crippen LogP contribution in [0.3, 0.4) is 0 Å².